The molecule has 0 bridgehead atoms. The molecule has 8 heteroatoms. The zero-order valence-corrected chi connectivity index (χ0v) is 10.4. The van der Waals surface area contributed by atoms with Crippen LogP contribution >= 0.6 is 0 Å². The Morgan fingerprint density at radius 1 is 1.32 bits per heavy atom. The van der Waals surface area contributed by atoms with Crippen LogP contribution in [0.25, 0.3) is 11.4 Å². The lowest BCUT2D eigenvalue weighted by atomic mass is 10.2. The number of rotatable bonds is 5. The van der Waals surface area contributed by atoms with Gasteiger partial charge in [-0.05, 0) is 28.6 Å². The first-order valence-corrected chi connectivity index (χ1v) is 5.36. The van der Waals surface area contributed by atoms with Crippen molar-refractivity contribution in [3.8, 4) is 22.9 Å². The summed E-state index contributed by atoms with van der Waals surface area (Å²) >= 11 is 0. The normalized spacial score (nSPS) is 10.2. The van der Waals surface area contributed by atoms with Crippen molar-refractivity contribution in [3.05, 3.63) is 18.2 Å². The number of hydrogen-bond acceptors (Lipinski definition) is 6. The van der Waals surface area contributed by atoms with Crippen LogP contribution in [0.2, 0.25) is 0 Å². The van der Waals surface area contributed by atoms with E-state index in [1.165, 1.54) is 18.9 Å². The third-order valence-corrected chi connectivity index (χ3v) is 2.46. The molecule has 1 heterocycles. The maximum absolute atomic E-state index is 10.7. The molecule has 0 spiro atoms. The molecular weight excluding hydrogens is 252 g/mol. The van der Waals surface area contributed by atoms with Crippen LogP contribution in [0, 0.1) is 0 Å². The van der Waals surface area contributed by atoms with Crippen LogP contribution in [-0.2, 0) is 11.3 Å². The fourth-order valence-corrected chi connectivity index (χ4v) is 1.62. The first-order chi connectivity index (χ1) is 9.15. The predicted octanol–water partition coefficient (Wildman–Crippen LogP) is 0.442. The van der Waals surface area contributed by atoms with E-state index in [1.54, 1.807) is 18.2 Å². The number of methoxy groups -OCH3 is 2. The molecule has 2 aromatic rings. The number of benzene rings is 1. The van der Waals surface area contributed by atoms with E-state index in [0.717, 1.165) is 0 Å². The van der Waals surface area contributed by atoms with E-state index in [-0.39, 0.29) is 6.54 Å². The SMILES string of the molecule is COc1ccc(-c2nnnn2CC(=O)O)cc1OC. The highest BCUT2D eigenvalue weighted by Crippen LogP contribution is 2.31. The second-order valence-corrected chi connectivity index (χ2v) is 3.62. The van der Waals surface area contributed by atoms with Crippen LogP contribution in [0.1, 0.15) is 0 Å². The predicted molar refractivity (Wildman–Crippen MR) is 64.0 cm³/mol. The van der Waals surface area contributed by atoms with E-state index in [9.17, 15) is 4.79 Å². The molecule has 100 valence electrons. The number of ether oxygens (including phenoxy) is 2. The van der Waals surface area contributed by atoms with Gasteiger partial charge in [0.05, 0.1) is 14.2 Å². The van der Waals surface area contributed by atoms with Crippen LogP contribution in [0.15, 0.2) is 18.2 Å². The van der Waals surface area contributed by atoms with Gasteiger partial charge in [-0.25, -0.2) is 4.68 Å². The second kappa shape index (κ2) is 5.34. The van der Waals surface area contributed by atoms with Crippen molar-refractivity contribution in [2.75, 3.05) is 14.2 Å². The maximum atomic E-state index is 10.7. The maximum Gasteiger partial charge on any atom is 0.325 e. The Bertz CT molecular complexity index is 596. The fourth-order valence-electron chi connectivity index (χ4n) is 1.62. The van der Waals surface area contributed by atoms with E-state index < -0.39 is 5.97 Å². The number of aromatic nitrogens is 4. The van der Waals surface area contributed by atoms with E-state index >= 15 is 0 Å². The molecule has 0 aliphatic rings. The van der Waals surface area contributed by atoms with Crippen LogP contribution in [0.3, 0.4) is 0 Å². The molecule has 19 heavy (non-hydrogen) atoms. The molecule has 1 aromatic carbocycles. The molecule has 0 aliphatic heterocycles. The van der Waals surface area contributed by atoms with Crippen LogP contribution in [-0.4, -0.2) is 45.5 Å². The molecule has 0 fully saturated rings. The number of carbonyl (C=O) groups is 1. The topological polar surface area (TPSA) is 99.4 Å². The number of nitrogens with zero attached hydrogens (tertiary/aromatic N) is 4. The van der Waals surface area contributed by atoms with Gasteiger partial charge in [0.15, 0.2) is 17.3 Å². The van der Waals surface area contributed by atoms with Crippen molar-refractivity contribution in [2.24, 2.45) is 0 Å². The van der Waals surface area contributed by atoms with Gasteiger partial charge in [0.25, 0.3) is 0 Å². The van der Waals surface area contributed by atoms with Crippen molar-refractivity contribution in [2.45, 2.75) is 6.54 Å². The molecule has 0 aliphatic carbocycles. The van der Waals surface area contributed by atoms with Gasteiger partial charge in [-0.2, -0.15) is 0 Å². The van der Waals surface area contributed by atoms with Crippen molar-refractivity contribution in [1.82, 2.24) is 20.2 Å². The van der Waals surface area contributed by atoms with Gasteiger partial charge in [-0.1, -0.05) is 0 Å². The summed E-state index contributed by atoms with van der Waals surface area (Å²) in [4.78, 5) is 10.7. The summed E-state index contributed by atoms with van der Waals surface area (Å²) in [5.74, 6) is 0.422. The number of tetrazole rings is 1. The summed E-state index contributed by atoms with van der Waals surface area (Å²) in [7, 11) is 3.05. The lowest BCUT2D eigenvalue weighted by Gasteiger charge is -2.09. The number of hydrogen-bond donors (Lipinski definition) is 1. The largest absolute Gasteiger partial charge is 0.493 e. The highest BCUT2D eigenvalue weighted by Gasteiger charge is 2.14. The molecule has 0 saturated heterocycles. The molecule has 2 rings (SSSR count). The second-order valence-electron chi connectivity index (χ2n) is 3.62. The summed E-state index contributed by atoms with van der Waals surface area (Å²) in [6, 6.07) is 5.11. The quantitative estimate of drug-likeness (QED) is 0.836. The Kier molecular flexibility index (Phi) is 3.60. The minimum Gasteiger partial charge on any atom is -0.493 e. The zero-order chi connectivity index (χ0) is 13.8. The third kappa shape index (κ3) is 2.62. The van der Waals surface area contributed by atoms with Gasteiger partial charge in [-0.15, -0.1) is 5.10 Å². The number of carboxylic acids is 1. The van der Waals surface area contributed by atoms with Crippen molar-refractivity contribution in [1.29, 1.82) is 0 Å². The highest BCUT2D eigenvalue weighted by molar-refractivity contribution is 5.68. The highest BCUT2D eigenvalue weighted by atomic mass is 16.5. The smallest absolute Gasteiger partial charge is 0.325 e. The molecule has 8 nitrogen and oxygen atoms in total. The molecule has 1 N–H and O–H groups in total. The Labute approximate surface area is 108 Å². The van der Waals surface area contributed by atoms with Gasteiger partial charge >= 0.3 is 5.97 Å². The molecule has 0 saturated carbocycles. The lowest BCUT2D eigenvalue weighted by molar-refractivity contribution is -0.137. The number of carboxylic acid groups (broad SMARTS) is 1. The van der Waals surface area contributed by atoms with Gasteiger partial charge in [0.1, 0.15) is 6.54 Å². The van der Waals surface area contributed by atoms with E-state index in [2.05, 4.69) is 15.5 Å². The standard InChI is InChI=1S/C11H12N4O4/c1-18-8-4-3-7(5-9(8)19-2)11-12-13-14-15(11)6-10(16)17/h3-5H,6H2,1-2H3,(H,16,17). The Hall–Kier alpha value is -2.64. The zero-order valence-electron chi connectivity index (χ0n) is 10.4. The van der Waals surface area contributed by atoms with Crippen LogP contribution in [0.4, 0.5) is 0 Å². The van der Waals surface area contributed by atoms with Crippen LogP contribution in [0.5, 0.6) is 11.5 Å². The first kappa shape index (κ1) is 12.8. The first-order valence-electron chi connectivity index (χ1n) is 5.36. The van der Waals surface area contributed by atoms with Gasteiger partial charge in [0.2, 0.25) is 0 Å². The monoisotopic (exact) mass is 264 g/mol. The van der Waals surface area contributed by atoms with Gasteiger partial charge in [0, 0.05) is 5.56 Å². The summed E-state index contributed by atoms with van der Waals surface area (Å²) < 4.78 is 11.5. The van der Waals surface area contributed by atoms with Crippen molar-refractivity contribution < 1.29 is 19.4 Å². The van der Waals surface area contributed by atoms with E-state index in [0.29, 0.717) is 22.9 Å². The molecule has 0 radical (unpaired) electrons. The van der Waals surface area contributed by atoms with Gasteiger partial charge < -0.3 is 14.6 Å². The average Bonchev–Trinajstić information content (AvgIpc) is 2.85. The summed E-state index contributed by atoms with van der Waals surface area (Å²) in [6.45, 7) is -0.309. The fraction of sp³-hybridized carbons (Fsp3) is 0.273. The van der Waals surface area contributed by atoms with Crippen molar-refractivity contribution in [3.63, 3.8) is 0 Å². The average molecular weight is 264 g/mol. The summed E-state index contributed by atoms with van der Waals surface area (Å²) in [5.41, 5.74) is 0.643. The Morgan fingerprint density at radius 3 is 2.68 bits per heavy atom. The summed E-state index contributed by atoms with van der Waals surface area (Å²) in [5, 5.41) is 19.7. The van der Waals surface area contributed by atoms with Crippen LogP contribution < -0.4 is 9.47 Å². The third-order valence-electron chi connectivity index (χ3n) is 2.46. The van der Waals surface area contributed by atoms with Gasteiger partial charge in [-0.3, -0.25) is 4.79 Å². The molecular formula is C11H12N4O4. The molecule has 0 atom stereocenters. The summed E-state index contributed by atoms with van der Waals surface area (Å²) in [6.07, 6.45) is 0. The minimum atomic E-state index is -1.02. The Balaban J connectivity index is 2.42. The molecule has 0 unspecified atom stereocenters. The van der Waals surface area contributed by atoms with Crippen molar-refractivity contribution >= 4 is 5.97 Å². The Morgan fingerprint density at radius 2 is 2.05 bits per heavy atom. The molecule has 1 aromatic heterocycles. The number of aliphatic carboxylic acids is 1. The van der Waals surface area contributed by atoms with E-state index in [1.807, 2.05) is 0 Å². The molecule has 0 amide bonds. The lowest BCUT2D eigenvalue weighted by Crippen LogP contribution is -2.11. The van der Waals surface area contributed by atoms with E-state index in [4.69, 9.17) is 14.6 Å². The minimum absolute atomic E-state index is 0.309.